The van der Waals surface area contributed by atoms with Gasteiger partial charge in [-0.05, 0) is 27.7 Å². The van der Waals surface area contributed by atoms with E-state index in [4.69, 9.17) is 0 Å². The Bertz CT molecular complexity index is 291. The fraction of sp³-hybridized carbons (Fsp3) is 0.700. The first-order valence-electron chi connectivity index (χ1n) is 4.85. The van der Waals surface area contributed by atoms with Gasteiger partial charge in [-0.2, -0.15) is 5.10 Å². The molecule has 0 saturated carbocycles. The zero-order valence-electron chi connectivity index (χ0n) is 9.26. The number of aliphatic hydroxyl groups is 1. The average molecular weight is 197 g/mol. The molecule has 0 aliphatic carbocycles. The van der Waals surface area contributed by atoms with Crippen molar-refractivity contribution in [2.75, 3.05) is 0 Å². The highest BCUT2D eigenvalue weighted by Gasteiger charge is 2.23. The van der Waals surface area contributed by atoms with Crippen LogP contribution in [0.25, 0.3) is 0 Å². The highest BCUT2D eigenvalue weighted by atomic mass is 16.3. The van der Waals surface area contributed by atoms with E-state index in [1.807, 2.05) is 20.8 Å². The summed E-state index contributed by atoms with van der Waals surface area (Å²) in [6.45, 7) is 8.45. The number of nitrogens with zero attached hydrogens (tertiary/aromatic N) is 1. The van der Waals surface area contributed by atoms with Crippen molar-refractivity contribution in [2.24, 2.45) is 0 Å². The van der Waals surface area contributed by atoms with Crippen LogP contribution in [-0.2, 0) is 6.54 Å². The van der Waals surface area contributed by atoms with Crippen molar-refractivity contribution in [1.29, 1.82) is 0 Å². The molecule has 1 aromatic rings. The minimum Gasteiger partial charge on any atom is -0.392 e. The predicted octanol–water partition coefficient (Wildman–Crippen LogP) is 0.967. The molecule has 80 valence electrons. The molecule has 0 bridgehead atoms. The minimum absolute atomic E-state index is 0.274. The zero-order valence-corrected chi connectivity index (χ0v) is 9.26. The van der Waals surface area contributed by atoms with Crippen LogP contribution in [0, 0.1) is 6.92 Å². The van der Waals surface area contributed by atoms with Gasteiger partial charge < -0.3 is 10.4 Å². The van der Waals surface area contributed by atoms with Gasteiger partial charge in [-0.25, -0.2) is 0 Å². The zero-order chi connectivity index (χ0) is 10.8. The third-order valence-corrected chi connectivity index (χ3v) is 2.71. The number of aromatic nitrogens is 2. The number of hydrogen-bond acceptors (Lipinski definition) is 3. The first kappa shape index (κ1) is 11.2. The summed E-state index contributed by atoms with van der Waals surface area (Å²) in [7, 11) is 0. The highest BCUT2D eigenvalue weighted by molar-refractivity contribution is 5.14. The van der Waals surface area contributed by atoms with Crippen LogP contribution in [0.5, 0.6) is 0 Å². The van der Waals surface area contributed by atoms with Crippen molar-refractivity contribution in [1.82, 2.24) is 15.5 Å². The van der Waals surface area contributed by atoms with Crippen molar-refractivity contribution < 1.29 is 5.11 Å². The molecule has 1 atom stereocenters. The standard InChI is InChI=1S/C10H19N3O/c1-7-9(6-12-13-7)5-11-10(3,4)8(2)14/h6,8,11,14H,5H2,1-4H3,(H,12,13). The van der Waals surface area contributed by atoms with Crippen molar-refractivity contribution in [2.45, 2.75) is 45.9 Å². The smallest absolute Gasteiger partial charge is 0.0688 e. The summed E-state index contributed by atoms with van der Waals surface area (Å²) in [5, 5.41) is 19.6. The van der Waals surface area contributed by atoms with Crippen LogP contribution < -0.4 is 5.32 Å². The Kier molecular flexibility index (Phi) is 3.29. The molecule has 0 radical (unpaired) electrons. The van der Waals surface area contributed by atoms with E-state index < -0.39 is 0 Å². The van der Waals surface area contributed by atoms with Gasteiger partial charge in [0, 0.05) is 23.3 Å². The van der Waals surface area contributed by atoms with Gasteiger partial charge in [0.05, 0.1) is 12.3 Å². The van der Waals surface area contributed by atoms with E-state index in [1.54, 1.807) is 13.1 Å². The van der Waals surface area contributed by atoms with Crippen LogP contribution in [0.1, 0.15) is 32.0 Å². The van der Waals surface area contributed by atoms with Gasteiger partial charge >= 0.3 is 0 Å². The second-order valence-corrected chi connectivity index (χ2v) is 4.27. The van der Waals surface area contributed by atoms with E-state index in [-0.39, 0.29) is 11.6 Å². The predicted molar refractivity (Wildman–Crippen MR) is 55.9 cm³/mol. The topological polar surface area (TPSA) is 60.9 Å². The van der Waals surface area contributed by atoms with Gasteiger partial charge in [-0.15, -0.1) is 0 Å². The molecule has 0 aromatic carbocycles. The molecule has 1 unspecified atom stereocenters. The van der Waals surface area contributed by atoms with Crippen LogP contribution >= 0.6 is 0 Å². The maximum atomic E-state index is 9.49. The van der Waals surface area contributed by atoms with Crippen LogP contribution in [0.2, 0.25) is 0 Å². The molecular weight excluding hydrogens is 178 g/mol. The van der Waals surface area contributed by atoms with Crippen LogP contribution in [0.4, 0.5) is 0 Å². The highest BCUT2D eigenvalue weighted by Crippen LogP contribution is 2.10. The Hall–Kier alpha value is -0.870. The van der Waals surface area contributed by atoms with Crippen molar-refractivity contribution in [3.05, 3.63) is 17.5 Å². The van der Waals surface area contributed by atoms with Gasteiger partial charge in [0.25, 0.3) is 0 Å². The number of aliphatic hydroxyl groups excluding tert-OH is 1. The first-order valence-corrected chi connectivity index (χ1v) is 4.85. The second kappa shape index (κ2) is 4.11. The number of aryl methyl sites for hydroxylation is 1. The molecule has 0 amide bonds. The van der Waals surface area contributed by atoms with E-state index in [2.05, 4.69) is 15.5 Å². The lowest BCUT2D eigenvalue weighted by molar-refractivity contribution is 0.0956. The molecule has 0 spiro atoms. The third kappa shape index (κ3) is 2.56. The fourth-order valence-electron chi connectivity index (χ4n) is 1.02. The molecule has 4 heteroatoms. The van der Waals surface area contributed by atoms with Gasteiger partial charge in [0.1, 0.15) is 0 Å². The van der Waals surface area contributed by atoms with Crippen molar-refractivity contribution in [3.8, 4) is 0 Å². The molecule has 1 heterocycles. The normalized spacial score (nSPS) is 14.4. The largest absolute Gasteiger partial charge is 0.392 e. The third-order valence-electron chi connectivity index (χ3n) is 2.71. The van der Waals surface area contributed by atoms with Crippen LogP contribution in [0.3, 0.4) is 0 Å². The lowest BCUT2D eigenvalue weighted by atomic mass is 9.98. The first-order chi connectivity index (χ1) is 6.43. The summed E-state index contributed by atoms with van der Waals surface area (Å²) in [5.74, 6) is 0. The molecule has 14 heavy (non-hydrogen) atoms. The van der Waals surface area contributed by atoms with Gasteiger partial charge in [0.2, 0.25) is 0 Å². The van der Waals surface area contributed by atoms with Crippen LogP contribution in [-0.4, -0.2) is 26.9 Å². The second-order valence-electron chi connectivity index (χ2n) is 4.27. The Morgan fingerprint density at radius 3 is 2.71 bits per heavy atom. The lowest BCUT2D eigenvalue weighted by Gasteiger charge is -2.29. The lowest BCUT2D eigenvalue weighted by Crippen LogP contribution is -2.47. The number of nitrogens with one attached hydrogen (secondary N) is 2. The summed E-state index contributed by atoms with van der Waals surface area (Å²) in [5.41, 5.74) is 1.93. The average Bonchev–Trinajstić information content (AvgIpc) is 2.47. The van der Waals surface area contributed by atoms with E-state index in [0.717, 1.165) is 17.8 Å². The monoisotopic (exact) mass is 197 g/mol. The van der Waals surface area contributed by atoms with E-state index in [9.17, 15) is 5.11 Å². The summed E-state index contributed by atoms with van der Waals surface area (Å²) in [6.07, 6.45) is 1.43. The molecule has 0 aliphatic heterocycles. The van der Waals surface area contributed by atoms with Crippen LogP contribution in [0.15, 0.2) is 6.20 Å². The Labute approximate surface area is 84.7 Å². The molecule has 1 aromatic heterocycles. The molecular formula is C10H19N3O. The number of hydrogen-bond donors (Lipinski definition) is 3. The quantitative estimate of drug-likeness (QED) is 0.674. The van der Waals surface area contributed by atoms with Crippen molar-refractivity contribution >= 4 is 0 Å². The summed E-state index contributed by atoms with van der Waals surface area (Å²) >= 11 is 0. The molecule has 0 fully saturated rings. The SMILES string of the molecule is Cc1[nH]ncc1CNC(C)(C)C(C)O. The van der Waals surface area contributed by atoms with Gasteiger partial charge in [0.15, 0.2) is 0 Å². The van der Waals surface area contributed by atoms with E-state index in [0.29, 0.717) is 0 Å². The number of H-pyrrole nitrogens is 1. The molecule has 1 rings (SSSR count). The van der Waals surface area contributed by atoms with Gasteiger partial charge in [-0.3, -0.25) is 5.10 Å². The number of rotatable bonds is 4. The molecule has 4 nitrogen and oxygen atoms in total. The minimum atomic E-state index is -0.380. The van der Waals surface area contributed by atoms with E-state index in [1.165, 1.54) is 0 Å². The molecule has 0 saturated heterocycles. The Morgan fingerprint density at radius 1 is 1.64 bits per heavy atom. The van der Waals surface area contributed by atoms with Crippen molar-refractivity contribution in [3.63, 3.8) is 0 Å². The Balaban J connectivity index is 2.53. The number of aromatic amines is 1. The maximum Gasteiger partial charge on any atom is 0.0688 e. The fourth-order valence-corrected chi connectivity index (χ4v) is 1.02. The summed E-state index contributed by atoms with van der Waals surface area (Å²) in [4.78, 5) is 0. The summed E-state index contributed by atoms with van der Waals surface area (Å²) in [6, 6.07) is 0. The Morgan fingerprint density at radius 2 is 2.29 bits per heavy atom. The molecule has 0 aliphatic rings. The summed E-state index contributed by atoms with van der Waals surface area (Å²) < 4.78 is 0. The van der Waals surface area contributed by atoms with E-state index >= 15 is 0 Å². The maximum absolute atomic E-state index is 9.49. The molecule has 3 N–H and O–H groups in total. The van der Waals surface area contributed by atoms with Gasteiger partial charge in [-0.1, -0.05) is 0 Å².